The molecular formula is C25H34N4O2. The highest BCUT2D eigenvalue weighted by atomic mass is 16.5. The minimum Gasteiger partial charge on any atom is -0.460 e. The van der Waals surface area contributed by atoms with Crippen LogP contribution in [0.1, 0.15) is 62.7 Å². The number of hydrogen-bond donors (Lipinski definition) is 0. The van der Waals surface area contributed by atoms with Gasteiger partial charge in [-0.05, 0) is 57.2 Å². The lowest BCUT2D eigenvalue weighted by molar-refractivity contribution is 0.0709. The molecule has 0 bridgehead atoms. The van der Waals surface area contributed by atoms with Gasteiger partial charge in [-0.25, -0.2) is 9.97 Å². The minimum absolute atomic E-state index is 0.0653. The third-order valence-corrected chi connectivity index (χ3v) is 6.73. The Morgan fingerprint density at radius 1 is 0.968 bits per heavy atom. The quantitative estimate of drug-likeness (QED) is 0.661. The molecule has 1 aromatic heterocycles. The standard InChI is InChI=1S/C25H34N4O2/c1-3-28(4-2)24(30)20-11-9-19(10-12-20)21-17-26-25(27-18-21)31-23-13-15-29(16-14-23)22-7-5-6-8-22/h9-12,17-18,22-23H,3-8,13-16H2,1-2H3. The first-order valence-electron chi connectivity index (χ1n) is 11.8. The molecule has 4 rings (SSSR count). The second-order valence-corrected chi connectivity index (χ2v) is 8.60. The van der Waals surface area contributed by atoms with E-state index in [9.17, 15) is 4.79 Å². The van der Waals surface area contributed by atoms with Crippen LogP contribution in [-0.4, -0.2) is 64.0 Å². The summed E-state index contributed by atoms with van der Waals surface area (Å²) in [6, 6.07) is 8.90. The van der Waals surface area contributed by atoms with Gasteiger partial charge in [-0.2, -0.15) is 0 Å². The van der Waals surface area contributed by atoms with E-state index < -0.39 is 0 Å². The summed E-state index contributed by atoms with van der Waals surface area (Å²) in [7, 11) is 0. The van der Waals surface area contributed by atoms with Crippen LogP contribution in [0.25, 0.3) is 11.1 Å². The predicted molar refractivity (Wildman–Crippen MR) is 122 cm³/mol. The van der Waals surface area contributed by atoms with Gasteiger partial charge in [0.15, 0.2) is 0 Å². The SMILES string of the molecule is CCN(CC)C(=O)c1ccc(-c2cnc(OC3CCN(C4CCCC4)CC3)nc2)cc1. The molecule has 1 amide bonds. The number of rotatable bonds is 7. The Bertz CT molecular complexity index is 835. The number of amides is 1. The third kappa shape index (κ3) is 5.24. The van der Waals surface area contributed by atoms with Crippen molar-refractivity contribution in [3.8, 4) is 17.1 Å². The van der Waals surface area contributed by atoms with E-state index in [0.717, 1.165) is 43.1 Å². The number of carbonyl (C=O) groups excluding carboxylic acids is 1. The highest BCUT2D eigenvalue weighted by Crippen LogP contribution is 2.27. The van der Waals surface area contributed by atoms with Gasteiger partial charge in [0.25, 0.3) is 5.91 Å². The smallest absolute Gasteiger partial charge is 0.316 e. The lowest BCUT2D eigenvalue weighted by atomic mass is 10.0. The number of aromatic nitrogens is 2. The summed E-state index contributed by atoms with van der Waals surface area (Å²) in [5, 5.41) is 0. The van der Waals surface area contributed by atoms with Crippen LogP contribution in [0.2, 0.25) is 0 Å². The zero-order valence-corrected chi connectivity index (χ0v) is 18.8. The molecule has 1 saturated heterocycles. The van der Waals surface area contributed by atoms with Gasteiger partial charge in [0.05, 0.1) is 0 Å². The van der Waals surface area contributed by atoms with E-state index in [1.165, 1.54) is 25.7 Å². The van der Waals surface area contributed by atoms with E-state index in [0.29, 0.717) is 24.7 Å². The zero-order valence-electron chi connectivity index (χ0n) is 18.8. The van der Waals surface area contributed by atoms with Crippen LogP contribution < -0.4 is 4.74 Å². The van der Waals surface area contributed by atoms with Crippen molar-refractivity contribution in [1.82, 2.24) is 19.8 Å². The molecular weight excluding hydrogens is 388 g/mol. The van der Waals surface area contributed by atoms with Gasteiger partial charge in [0.2, 0.25) is 0 Å². The first-order valence-corrected chi connectivity index (χ1v) is 11.8. The van der Waals surface area contributed by atoms with E-state index in [4.69, 9.17) is 4.74 Å². The minimum atomic E-state index is 0.0653. The normalized spacial score (nSPS) is 18.3. The largest absolute Gasteiger partial charge is 0.460 e. The number of ether oxygens (including phenoxy) is 1. The van der Waals surface area contributed by atoms with Gasteiger partial charge in [0, 0.05) is 55.7 Å². The van der Waals surface area contributed by atoms with Crippen molar-refractivity contribution in [1.29, 1.82) is 0 Å². The lowest BCUT2D eigenvalue weighted by Gasteiger charge is -2.35. The number of piperidine rings is 1. The number of benzene rings is 1. The molecule has 0 radical (unpaired) electrons. The molecule has 1 saturated carbocycles. The average Bonchev–Trinajstić information content (AvgIpc) is 3.36. The van der Waals surface area contributed by atoms with Crippen molar-refractivity contribution in [3.05, 3.63) is 42.2 Å². The maximum atomic E-state index is 12.5. The zero-order chi connectivity index (χ0) is 21.6. The first-order chi connectivity index (χ1) is 15.2. The molecule has 0 unspecified atom stereocenters. The molecule has 6 heteroatoms. The Hall–Kier alpha value is -2.47. The topological polar surface area (TPSA) is 58.6 Å². The second kappa shape index (κ2) is 10.2. The molecule has 2 aliphatic rings. The van der Waals surface area contributed by atoms with Gasteiger partial charge in [-0.1, -0.05) is 25.0 Å². The highest BCUT2D eigenvalue weighted by molar-refractivity contribution is 5.94. The number of likely N-dealkylation sites (tertiary alicyclic amines) is 1. The summed E-state index contributed by atoms with van der Waals surface area (Å²) >= 11 is 0. The highest BCUT2D eigenvalue weighted by Gasteiger charge is 2.28. The lowest BCUT2D eigenvalue weighted by Crippen LogP contribution is -2.43. The fraction of sp³-hybridized carbons (Fsp3) is 0.560. The molecule has 31 heavy (non-hydrogen) atoms. The number of nitrogens with zero attached hydrogens (tertiary/aromatic N) is 4. The Morgan fingerprint density at radius 3 is 2.16 bits per heavy atom. The number of carbonyl (C=O) groups is 1. The van der Waals surface area contributed by atoms with Gasteiger partial charge >= 0.3 is 6.01 Å². The van der Waals surface area contributed by atoms with Crippen LogP contribution in [0, 0.1) is 0 Å². The summed E-state index contributed by atoms with van der Waals surface area (Å²) in [5.74, 6) is 0.0653. The van der Waals surface area contributed by atoms with Gasteiger partial charge in [-0.3, -0.25) is 4.79 Å². The van der Waals surface area contributed by atoms with Crippen LogP contribution in [0.4, 0.5) is 0 Å². The van der Waals surface area contributed by atoms with Gasteiger partial charge in [-0.15, -0.1) is 0 Å². The van der Waals surface area contributed by atoms with Crippen LogP contribution in [-0.2, 0) is 0 Å². The van der Waals surface area contributed by atoms with Crippen molar-refractivity contribution in [2.75, 3.05) is 26.2 Å². The molecule has 1 aromatic carbocycles. The Kier molecular flexibility index (Phi) is 7.17. The molecule has 0 N–H and O–H groups in total. The van der Waals surface area contributed by atoms with Crippen molar-refractivity contribution in [2.24, 2.45) is 0 Å². The van der Waals surface area contributed by atoms with Crippen molar-refractivity contribution < 1.29 is 9.53 Å². The monoisotopic (exact) mass is 422 g/mol. The molecule has 0 atom stereocenters. The summed E-state index contributed by atoms with van der Waals surface area (Å²) in [6.07, 6.45) is 11.4. The van der Waals surface area contributed by atoms with Crippen LogP contribution in [0.5, 0.6) is 6.01 Å². The third-order valence-electron chi connectivity index (χ3n) is 6.73. The summed E-state index contributed by atoms with van der Waals surface area (Å²) in [6.45, 7) is 7.65. The van der Waals surface area contributed by atoms with Crippen LogP contribution >= 0.6 is 0 Å². The fourth-order valence-corrected chi connectivity index (χ4v) is 4.80. The maximum Gasteiger partial charge on any atom is 0.316 e. The molecule has 2 heterocycles. The molecule has 1 aliphatic carbocycles. The summed E-state index contributed by atoms with van der Waals surface area (Å²) in [5.41, 5.74) is 2.62. The van der Waals surface area contributed by atoms with E-state index in [2.05, 4.69) is 14.9 Å². The maximum absolute atomic E-state index is 12.5. The van der Waals surface area contributed by atoms with Gasteiger partial charge < -0.3 is 14.5 Å². The van der Waals surface area contributed by atoms with E-state index in [1.807, 2.05) is 43.0 Å². The van der Waals surface area contributed by atoms with Crippen molar-refractivity contribution >= 4 is 5.91 Å². The Morgan fingerprint density at radius 2 is 1.58 bits per heavy atom. The van der Waals surface area contributed by atoms with E-state index >= 15 is 0 Å². The molecule has 2 aromatic rings. The summed E-state index contributed by atoms with van der Waals surface area (Å²) in [4.78, 5) is 25.8. The molecule has 166 valence electrons. The van der Waals surface area contributed by atoms with E-state index in [-0.39, 0.29) is 12.0 Å². The summed E-state index contributed by atoms with van der Waals surface area (Å²) < 4.78 is 6.06. The average molecular weight is 423 g/mol. The van der Waals surface area contributed by atoms with E-state index in [1.54, 1.807) is 12.4 Å². The van der Waals surface area contributed by atoms with Gasteiger partial charge in [0.1, 0.15) is 6.10 Å². The molecule has 1 aliphatic heterocycles. The number of hydrogen-bond acceptors (Lipinski definition) is 5. The molecule has 6 nitrogen and oxygen atoms in total. The Labute approximate surface area is 185 Å². The first kappa shape index (κ1) is 21.8. The predicted octanol–water partition coefficient (Wildman–Crippen LogP) is 4.41. The van der Waals surface area contributed by atoms with Crippen LogP contribution in [0.3, 0.4) is 0 Å². The molecule has 0 spiro atoms. The molecule has 2 fully saturated rings. The van der Waals surface area contributed by atoms with Crippen molar-refractivity contribution in [2.45, 2.75) is 64.5 Å². The Balaban J connectivity index is 1.31. The van der Waals surface area contributed by atoms with Crippen LogP contribution in [0.15, 0.2) is 36.7 Å². The fourth-order valence-electron chi connectivity index (χ4n) is 4.80. The van der Waals surface area contributed by atoms with Crippen molar-refractivity contribution in [3.63, 3.8) is 0 Å². The second-order valence-electron chi connectivity index (χ2n) is 8.60.